The molecule has 2 N–H and O–H groups in total. The van der Waals surface area contributed by atoms with Gasteiger partial charge in [-0.1, -0.05) is 11.6 Å². The molecule has 0 fully saturated rings. The van der Waals surface area contributed by atoms with Gasteiger partial charge in [0.1, 0.15) is 17.4 Å². The summed E-state index contributed by atoms with van der Waals surface area (Å²) in [6.45, 7) is 1.71. The number of fused-ring (bicyclic) bond motifs is 1. The summed E-state index contributed by atoms with van der Waals surface area (Å²) in [5.74, 6) is 0.644. The third-order valence-electron chi connectivity index (χ3n) is 2.69. The number of aromatic nitrogens is 3. The fraction of sp³-hybridized carbons (Fsp3) is 0.364. The van der Waals surface area contributed by atoms with Crippen LogP contribution in [0.1, 0.15) is 18.8 Å². The molecule has 0 aliphatic carbocycles. The van der Waals surface area contributed by atoms with Crippen LogP contribution in [0.3, 0.4) is 0 Å². The number of imidazole rings is 1. The number of primary amides is 1. The number of aryl methyl sites for hydroxylation is 1. The van der Waals surface area contributed by atoms with Crippen LogP contribution in [-0.4, -0.2) is 26.3 Å². The number of carbonyl (C=O) groups is 1. The van der Waals surface area contributed by atoms with E-state index in [4.69, 9.17) is 28.9 Å². The first kappa shape index (κ1) is 13.1. The number of nitrogens with two attached hydrogens (primary N) is 1. The van der Waals surface area contributed by atoms with Gasteiger partial charge < -0.3 is 10.3 Å². The summed E-state index contributed by atoms with van der Waals surface area (Å²) in [5, 5.41) is 0.497. The van der Waals surface area contributed by atoms with Crippen molar-refractivity contribution in [3.63, 3.8) is 0 Å². The van der Waals surface area contributed by atoms with Crippen LogP contribution in [0.2, 0.25) is 5.02 Å². The highest BCUT2D eigenvalue weighted by Crippen LogP contribution is 2.22. The number of carbonyl (C=O) groups excluding carboxylic acids is 1. The van der Waals surface area contributed by atoms with Gasteiger partial charge >= 0.3 is 0 Å². The quantitative estimate of drug-likeness (QED) is 0.873. The zero-order chi connectivity index (χ0) is 13.3. The molecule has 18 heavy (non-hydrogen) atoms. The minimum absolute atomic E-state index is 0.405. The summed E-state index contributed by atoms with van der Waals surface area (Å²) in [6.07, 6.45) is 2.05. The lowest BCUT2D eigenvalue weighted by molar-refractivity contribution is -0.120. The van der Waals surface area contributed by atoms with Crippen LogP contribution in [-0.2, 0) is 11.2 Å². The van der Waals surface area contributed by atoms with E-state index in [9.17, 15) is 4.79 Å². The molecule has 0 aliphatic rings. The molecule has 2 aromatic heterocycles. The smallest absolute Gasteiger partial charge is 0.240 e. The number of amides is 1. The van der Waals surface area contributed by atoms with Gasteiger partial charge in [-0.3, -0.25) is 4.79 Å². The third kappa shape index (κ3) is 2.28. The van der Waals surface area contributed by atoms with Crippen LogP contribution < -0.4 is 5.73 Å². The van der Waals surface area contributed by atoms with Crippen molar-refractivity contribution in [1.82, 2.24) is 14.5 Å². The first-order valence-electron chi connectivity index (χ1n) is 5.42. The summed E-state index contributed by atoms with van der Waals surface area (Å²) >= 11 is 11.6. The Kier molecular flexibility index (Phi) is 3.73. The molecule has 5 nitrogen and oxygen atoms in total. The Bertz CT molecular complexity index is 596. The first-order valence-corrected chi connectivity index (χ1v) is 6.33. The zero-order valence-corrected chi connectivity index (χ0v) is 11.2. The summed E-state index contributed by atoms with van der Waals surface area (Å²) in [7, 11) is 0. The van der Waals surface area contributed by atoms with E-state index in [0.29, 0.717) is 34.3 Å². The highest BCUT2D eigenvalue weighted by Gasteiger charge is 2.20. The van der Waals surface area contributed by atoms with Gasteiger partial charge in [0.15, 0.2) is 5.65 Å². The zero-order valence-electron chi connectivity index (χ0n) is 9.73. The lowest BCUT2D eigenvalue weighted by atomic mass is 10.3. The predicted octanol–water partition coefficient (Wildman–Crippen LogP) is 1.91. The molecule has 0 radical (unpaired) electrons. The van der Waals surface area contributed by atoms with Crippen molar-refractivity contribution in [2.24, 2.45) is 5.73 Å². The Balaban J connectivity index is 2.66. The fourth-order valence-electron chi connectivity index (χ4n) is 1.80. The van der Waals surface area contributed by atoms with Crippen LogP contribution in [0.25, 0.3) is 11.2 Å². The van der Waals surface area contributed by atoms with Crippen LogP contribution in [0.15, 0.2) is 12.3 Å². The summed E-state index contributed by atoms with van der Waals surface area (Å²) in [6, 6.07) is 1.17. The van der Waals surface area contributed by atoms with Crippen LogP contribution in [0.4, 0.5) is 0 Å². The van der Waals surface area contributed by atoms with Crippen LogP contribution in [0.5, 0.6) is 0 Å². The van der Waals surface area contributed by atoms with Crippen molar-refractivity contribution in [2.45, 2.75) is 19.4 Å². The maximum Gasteiger partial charge on any atom is 0.240 e. The summed E-state index contributed by atoms with van der Waals surface area (Å²) < 4.78 is 1.70. The van der Waals surface area contributed by atoms with Crippen molar-refractivity contribution >= 4 is 40.3 Å². The molecule has 1 unspecified atom stereocenters. The van der Waals surface area contributed by atoms with Gasteiger partial charge in [-0.15, -0.1) is 11.6 Å². The standard InChI is InChI=1S/C11H12Cl2N4O/c1-6(10(14)18)17-9(2-3-12)16-8-4-7(13)5-15-11(8)17/h4-6H,2-3H2,1H3,(H2,14,18). The molecule has 0 saturated carbocycles. The molecule has 1 atom stereocenters. The molecule has 2 heterocycles. The third-order valence-corrected chi connectivity index (χ3v) is 3.08. The molecule has 0 aromatic carbocycles. The topological polar surface area (TPSA) is 73.8 Å². The number of alkyl halides is 1. The molecule has 0 aliphatic heterocycles. The average molecular weight is 287 g/mol. The predicted molar refractivity (Wildman–Crippen MR) is 70.9 cm³/mol. The number of hydrogen-bond acceptors (Lipinski definition) is 3. The van der Waals surface area contributed by atoms with E-state index in [-0.39, 0.29) is 0 Å². The maximum absolute atomic E-state index is 11.4. The Hall–Kier alpha value is -1.33. The first-order chi connectivity index (χ1) is 8.54. The van der Waals surface area contributed by atoms with E-state index in [1.165, 1.54) is 6.20 Å². The van der Waals surface area contributed by atoms with E-state index in [1.54, 1.807) is 17.6 Å². The Morgan fingerprint density at radius 2 is 2.33 bits per heavy atom. The molecular weight excluding hydrogens is 275 g/mol. The SMILES string of the molecule is CC(C(N)=O)n1c(CCCl)nc2cc(Cl)cnc21. The van der Waals surface area contributed by atoms with Crippen LogP contribution >= 0.6 is 23.2 Å². The molecule has 2 rings (SSSR count). The maximum atomic E-state index is 11.4. The molecule has 0 spiro atoms. The fourth-order valence-corrected chi connectivity index (χ4v) is 2.12. The number of pyridine rings is 1. The van der Waals surface area contributed by atoms with Gasteiger partial charge in [-0.2, -0.15) is 0 Å². The van der Waals surface area contributed by atoms with E-state index < -0.39 is 11.9 Å². The van der Waals surface area contributed by atoms with Gasteiger partial charge in [0.2, 0.25) is 5.91 Å². The second-order valence-corrected chi connectivity index (χ2v) is 4.73. The molecule has 2 aromatic rings. The average Bonchev–Trinajstić information content (AvgIpc) is 2.65. The number of halogens is 2. The molecule has 7 heteroatoms. The van der Waals surface area contributed by atoms with E-state index in [1.807, 2.05) is 0 Å². The van der Waals surface area contributed by atoms with Crippen molar-refractivity contribution < 1.29 is 4.79 Å². The van der Waals surface area contributed by atoms with Gasteiger partial charge in [-0.05, 0) is 13.0 Å². The molecule has 0 saturated heterocycles. The second-order valence-electron chi connectivity index (χ2n) is 3.91. The monoisotopic (exact) mass is 286 g/mol. The minimum atomic E-state index is -0.526. The van der Waals surface area contributed by atoms with Crippen molar-refractivity contribution in [3.8, 4) is 0 Å². The van der Waals surface area contributed by atoms with Gasteiger partial charge in [0.05, 0.1) is 5.02 Å². The van der Waals surface area contributed by atoms with E-state index >= 15 is 0 Å². The van der Waals surface area contributed by atoms with Crippen molar-refractivity contribution in [2.75, 3.05) is 5.88 Å². The largest absolute Gasteiger partial charge is 0.368 e. The van der Waals surface area contributed by atoms with Crippen molar-refractivity contribution in [1.29, 1.82) is 0 Å². The molecule has 96 valence electrons. The van der Waals surface area contributed by atoms with E-state index in [2.05, 4.69) is 9.97 Å². The number of hydrogen-bond donors (Lipinski definition) is 1. The number of rotatable bonds is 4. The van der Waals surface area contributed by atoms with Gasteiger partial charge in [-0.25, -0.2) is 9.97 Å². The van der Waals surface area contributed by atoms with Gasteiger partial charge in [0.25, 0.3) is 0 Å². The normalized spacial score (nSPS) is 12.8. The summed E-state index contributed by atoms with van der Waals surface area (Å²) in [4.78, 5) is 19.9. The highest BCUT2D eigenvalue weighted by molar-refractivity contribution is 6.31. The lowest BCUT2D eigenvalue weighted by Gasteiger charge is -2.13. The number of nitrogens with zero attached hydrogens (tertiary/aromatic N) is 3. The molecule has 1 amide bonds. The Morgan fingerprint density at radius 1 is 1.61 bits per heavy atom. The Labute approximate surface area is 114 Å². The van der Waals surface area contributed by atoms with Crippen molar-refractivity contribution in [3.05, 3.63) is 23.1 Å². The molecular formula is C11H12Cl2N4O. The second kappa shape index (κ2) is 5.12. The molecule has 0 bridgehead atoms. The van der Waals surface area contributed by atoms with Gasteiger partial charge in [0, 0.05) is 18.5 Å². The van der Waals surface area contributed by atoms with Crippen LogP contribution in [0, 0.1) is 0 Å². The lowest BCUT2D eigenvalue weighted by Crippen LogP contribution is -2.25. The highest BCUT2D eigenvalue weighted by atomic mass is 35.5. The minimum Gasteiger partial charge on any atom is -0.368 e. The Morgan fingerprint density at radius 3 is 2.94 bits per heavy atom. The van der Waals surface area contributed by atoms with E-state index in [0.717, 1.165) is 0 Å². The summed E-state index contributed by atoms with van der Waals surface area (Å²) in [5.41, 5.74) is 6.56.